The van der Waals surface area contributed by atoms with E-state index in [1.165, 1.54) is 0 Å². The Bertz CT molecular complexity index is 587. The van der Waals surface area contributed by atoms with Crippen LogP contribution in [0.2, 0.25) is 0 Å². The van der Waals surface area contributed by atoms with Gasteiger partial charge < -0.3 is 24.2 Å². The number of likely N-dealkylation sites (N-methyl/N-ethyl adjacent to an activating group) is 1. The second-order valence-corrected chi connectivity index (χ2v) is 8.05. The SMILES string of the molecule is C[N+]1(CC(=O)[O-])CCC(OC[C@](O)(c2ccccc2)C2CCCC2)C1. The fraction of sp³-hybridized carbons (Fsp3) is 0.650. The molecule has 2 unspecified atom stereocenters. The van der Waals surface area contributed by atoms with Gasteiger partial charge in [-0.05, 0) is 24.3 Å². The number of likely N-dealkylation sites (tertiary alicyclic amines) is 1. The number of nitrogens with zero attached hydrogens (tertiary/aromatic N) is 1. The quantitative estimate of drug-likeness (QED) is 0.749. The molecular weight excluding hydrogens is 318 g/mol. The van der Waals surface area contributed by atoms with E-state index in [9.17, 15) is 15.0 Å². The summed E-state index contributed by atoms with van der Waals surface area (Å²) in [6.45, 7) is 1.72. The van der Waals surface area contributed by atoms with Crippen LogP contribution in [-0.4, -0.2) is 55.0 Å². The smallest absolute Gasteiger partial charge is 0.119 e. The molecule has 1 aromatic rings. The molecule has 1 aliphatic heterocycles. The van der Waals surface area contributed by atoms with Crippen LogP contribution in [0.3, 0.4) is 0 Å². The molecule has 2 aliphatic rings. The zero-order valence-electron chi connectivity index (χ0n) is 15.0. The Labute approximate surface area is 149 Å². The van der Waals surface area contributed by atoms with Crippen molar-refractivity contribution in [1.29, 1.82) is 0 Å². The summed E-state index contributed by atoms with van der Waals surface area (Å²) < 4.78 is 6.58. The second-order valence-electron chi connectivity index (χ2n) is 8.05. The van der Waals surface area contributed by atoms with E-state index in [4.69, 9.17) is 4.74 Å². The third kappa shape index (κ3) is 4.22. The Hall–Kier alpha value is -1.43. The van der Waals surface area contributed by atoms with Crippen LogP contribution in [0.5, 0.6) is 0 Å². The second kappa shape index (κ2) is 7.44. The van der Waals surface area contributed by atoms with Gasteiger partial charge in [0.2, 0.25) is 0 Å². The number of rotatable bonds is 7. The third-order valence-corrected chi connectivity index (χ3v) is 5.99. The number of carbonyl (C=O) groups is 1. The molecule has 0 amide bonds. The zero-order valence-corrected chi connectivity index (χ0v) is 15.0. The Kier molecular flexibility index (Phi) is 5.46. The van der Waals surface area contributed by atoms with Gasteiger partial charge in [-0.3, -0.25) is 0 Å². The molecule has 5 heteroatoms. The highest BCUT2D eigenvalue weighted by molar-refractivity contribution is 5.65. The van der Waals surface area contributed by atoms with Crippen LogP contribution in [0.1, 0.15) is 37.7 Å². The summed E-state index contributed by atoms with van der Waals surface area (Å²) in [5.74, 6) is -0.796. The average molecular weight is 347 g/mol. The number of quaternary nitrogens is 1. The molecule has 2 fully saturated rings. The number of ether oxygens (including phenoxy) is 1. The van der Waals surface area contributed by atoms with E-state index in [0.717, 1.165) is 44.2 Å². The third-order valence-electron chi connectivity index (χ3n) is 5.99. The molecule has 0 spiro atoms. The first-order valence-electron chi connectivity index (χ1n) is 9.34. The van der Waals surface area contributed by atoms with E-state index in [2.05, 4.69) is 0 Å². The van der Waals surface area contributed by atoms with Gasteiger partial charge in [-0.1, -0.05) is 43.2 Å². The van der Waals surface area contributed by atoms with E-state index in [1.807, 2.05) is 37.4 Å². The highest BCUT2D eigenvalue weighted by Crippen LogP contribution is 2.41. The first-order valence-corrected chi connectivity index (χ1v) is 9.34. The van der Waals surface area contributed by atoms with E-state index in [1.54, 1.807) is 0 Å². The molecule has 1 aliphatic carbocycles. The van der Waals surface area contributed by atoms with Crippen LogP contribution >= 0.6 is 0 Å². The zero-order chi connectivity index (χ0) is 17.9. The Balaban J connectivity index is 1.67. The Morgan fingerprint density at radius 3 is 2.60 bits per heavy atom. The molecule has 1 aromatic carbocycles. The number of aliphatic carboxylic acids is 1. The van der Waals surface area contributed by atoms with Gasteiger partial charge in [0.1, 0.15) is 24.8 Å². The lowest BCUT2D eigenvalue weighted by atomic mass is 9.80. The van der Waals surface area contributed by atoms with E-state index in [-0.39, 0.29) is 25.2 Å². The predicted octanol–water partition coefficient (Wildman–Crippen LogP) is 1.05. The van der Waals surface area contributed by atoms with Crippen molar-refractivity contribution in [3.63, 3.8) is 0 Å². The van der Waals surface area contributed by atoms with E-state index >= 15 is 0 Å². The molecule has 5 nitrogen and oxygen atoms in total. The number of carboxylic acids is 1. The lowest BCUT2D eigenvalue weighted by molar-refractivity contribution is -0.893. The average Bonchev–Trinajstić information content (AvgIpc) is 3.23. The fourth-order valence-electron chi connectivity index (χ4n) is 4.53. The maximum absolute atomic E-state index is 11.5. The van der Waals surface area contributed by atoms with Crippen molar-refractivity contribution in [3.05, 3.63) is 35.9 Å². The molecule has 1 N–H and O–H groups in total. The molecule has 1 saturated carbocycles. The number of aliphatic hydroxyl groups is 1. The number of benzene rings is 1. The molecule has 0 bridgehead atoms. The van der Waals surface area contributed by atoms with Crippen LogP contribution in [0, 0.1) is 5.92 Å². The highest BCUT2D eigenvalue weighted by atomic mass is 16.5. The maximum Gasteiger partial charge on any atom is 0.119 e. The first kappa shape index (κ1) is 18.4. The lowest BCUT2D eigenvalue weighted by Crippen LogP contribution is -2.50. The van der Waals surface area contributed by atoms with Crippen LogP contribution < -0.4 is 5.11 Å². The number of hydrogen-bond acceptors (Lipinski definition) is 4. The number of carbonyl (C=O) groups excluding carboxylic acids is 1. The Morgan fingerprint density at radius 1 is 1.28 bits per heavy atom. The summed E-state index contributed by atoms with van der Waals surface area (Å²) in [7, 11) is 1.93. The molecule has 25 heavy (non-hydrogen) atoms. The molecule has 1 saturated heterocycles. The molecular formula is C20H29NO4. The van der Waals surface area contributed by atoms with Gasteiger partial charge in [0.05, 0.1) is 26.2 Å². The summed E-state index contributed by atoms with van der Waals surface area (Å²) in [6, 6.07) is 9.83. The summed E-state index contributed by atoms with van der Waals surface area (Å²) in [5, 5.41) is 22.4. The van der Waals surface area contributed by atoms with Crippen LogP contribution in [0.25, 0.3) is 0 Å². The van der Waals surface area contributed by atoms with Crippen molar-refractivity contribution in [2.75, 3.05) is 33.3 Å². The van der Waals surface area contributed by atoms with Crippen molar-refractivity contribution in [1.82, 2.24) is 0 Å². The number of carboxylic acid groups (broad SMARTS) is 1. The molecule has 0 radical (unpaired) electrons. The predicted molar refractivity (Wildman–Crippen MR) is 92.4 cm³/mol. The highest BCUT2D eigenvalue weighted by Gasteiger charge is 2.42. The van der Waals surface area contributed by atoms with Crippen LogP contribution in [0.15, 0.2) is 30.3 Å². The van der Waals surface area contributed by atoms with Crippen molar-refractivity contribution >= 4 is 5.97 Å². The maximum atomic E-state index is 11.5. The van der Waals surface area contributed by atoms with Gasteiger partial charge >= 0.3 is 0 Å². The van der Waals surface area contributed by atoms with Gasteiger partial charge in [-0.25, -0.2) is 0 Å². The van der Waals surface area contributed by atoms with Gasteiger partial charge in [0, 0.05) is 6.42 Å². The molecule has 0 aromatic heterocycles. The minimum Gasteiger partial charge on any atom is -0.544 e. The summed E-state index contributed by atoms with van der Waals surface area (Å²) in [4.78, 5) is 10.9. The van der Waals surface area contributed by atoms with Gasteiger partial charge in [-0.2, -0.15) is 0 Å². The number of hydrogen-bond donors (Lipinski definition) is 1. The summed E-state index contributed by atoms with van der Waals surface area (Å²) in [5.41, 5.74) is -0.0372. The first-order chi connectivity index (χ1) is 11.9. The van der Waals surface area contributed by atoms with Gasteiger partial charge in [0.25, 0.3) is 0 Å². The van der Waals surface area contributed by atoms with Crippen molar-refractivity contribution in [2.24, 2.45) is 5.92 Å². The van der Waals surface area contributed by atoms with Crippen LogP contribution in [0.4, 0.5) is 0 Å². The largest absolute Gasteiger partial charge is 0.544 e. The topological polar surface area (TPSA) is 69.6 Å². The standard InChI is InChI=1S/C20H29NO4/c1-21(14-19(22)23)12-11-18(13-21)25-15-20(24,17-9-5-6-10-17)16-7-3-2-4-8-16/h2-4,7-8,17-18,24H,5-6,9-15H2,1H3/t18?,20-,21?/m0/s1. The van der Waals surface area contributed by atoms with Crippen molar-refractivity contribution in [3.8, 4) is 0 Å². The Morgan fingerprint density at radius 2 is 1.96 bits per heavy atom. The van der Waals surface area contributed by atoms with Crippen LogP contribution in [-0.2, 0) is 15.1 Å². The lowest BCUT2D eigenvalue weighted by Gasteiger charge is -2.35. The van der Waals surface area contributed by atoms with Crippen molar-refractivity contribution < 1.29 is 24.2 Å². The molecule has 3 rings (SSSR count). The van der Waals surface area contributed by atoms with E-state index < -0.39 is 11.6 Å². The monoisotopic (exact) mass is 347 g/mol. The minimum atomic E-state index is -1.02. The normalized spacial score (nSPS) is 29.6. The summed E-state index contributed by atoms with van der Waals surface area (Å²) >= 11 is 0. The molecule has 1 heterocycles. The fourth-order valence-corrected chi connectivity index (χ4v) is 4.53. The van der Waals surface area contributed by atoms with Gasteiger partial charge in [0.15, 0.2) is 0 Å². The summed E-state index contributed by atoms with van der Waals surface area (Å²) in [6.07, 6.45) is 5.17. The molecule has 3 atom stereocenters. The minimum absolute atomic E-state index is 0.0130. The van der Waals surface area contributed by atoms with Crippen molar-refractivity contribution in [2.45, 2.75) is 43.8 Å². The molecule has 138 valence electrons. The van der Waals surface area contributed by atoms with Gasteiger partial charge in [-0.15, -0.1) is 0 Å². The van der Waals surface area contributed by atoms with E-state index in [0.29, 0.717) is 11.0 Å².